The van der Waals surface area contributed by atoms with Gasteiger partial charge in [0.2, 0.25) is 5.91 Å². The van der Waals surface area contributed by atoms with Crippen molar-refractivity contribution in [3.8, 4) is 5.69 Å². The zero-order chi connectivity index (χ0) is 18.5. The maximum atomic E-state index is 12.5. The maximum absolute atomic E-state index is 12.5. The Balaban J connectivity index is 1.68. The van der Waals surface area contributed by atoms with Crippen molar-refractivity contribution in [2.24, 2.45) is 0 Å². The van der Waals surface area contributed by atoms with Crippen molar-refractivity contribution in [3.05, 3.63) is 71.5 Å². The third-order valence-corrected chi connectivity index (χ3v) is 5.20. The molecule has 0 radical (unpaired) electrons. The molecule has 1 N–H and O–H groups in total. The third kappa shape index (κ3) is 4.45. The van der Waals surface area contributed by atoms with Gasteiger partial charge < -0.3 is 5.32 Å². The van der Waals surface area contributed by atoms with Crippen molar-refractivity contribution in [3.63, 3.8) is 0 Å². The van der Waals surface area contributed by atoms with E-state index >= 15 is 0 Å². The fraction of sp³-hybridized carbons (Fsp3) is 0.211. The van der Waals surface area contributed by atoms with Crippen LogP contribution in [0.3, 0.4) is 0 Å². The molecule has 0 spiro atoms. The molecule has 3 rings (SSSR count). The van der Waals surface area contributed by atoms with E-state index in [9.17, 15) is 4.79 Å². The number of carbonyl (C=O) groups is 1. The summed E-state index contributed by atoms with van der Waals surface area (Å²) in [7, 11) is 0. The predicted molar refractivity (Wildman–Crippen MR) is 105 cm³/mol. The summed E-state index contributed by atoms with van der Waals surface area (Å²) in [5.41, 5.74) is 1.93. The summed E-state index contributed by atoms with van der Waals surface area (Å²) in [5.74, 6) is -0.0491. The van der Waals surface area contributed by atoms with Gasteiger partial charge in [-0.2, -0.15) is 0 Å². The van der Waals surface area contributed by atoms with Crippen LogP contribution in [-0.2, 0) is 4.79 Å². The van der Waals surface area contributed by atoms with Gasteiger partial charge in [-0.05, 0) is 37.6 Å². The second kappa shape index (κ2) is 8.38. The van der Waals surface area contributed by atoms with Crippen LogP contribution in [-0.4, -0.2) is 25.9 Å². The Morgan fingerprint density at radius 1 is 1.15 bits per heavy atom. The highest BCUT2D eigenvalue weighted by Crippen LogP contribution is 2.25. The molecule has 3 aromatic rings. The smallest absolute Gasteiger partial charge is 0.233 e. The van der Waals surface area contributed by atoms with Crippen LogP contribution in [0.15, 0.2) is 66.1 Å². The van der Waals surface area contributed by atoms with E-state index in [0.717, 1.165) is 11.3 Å². The van der Waals surface area contributed by atoms with E-state index in [1.165, 1.54) is 11.8 Å². The van der Waals surface area contributed by atoms with Gasteiger partial charge in [0, 0.05) is 5.02 Å². The van der Waals surface area contributed by atoms with E-state index in [1.54, 1.807) is 6.33 Å². The van der Waals surface area contributed by atoms with E-state index in [-0.39, 0.29) is 17.2 Å². The second-order valence-electron chi connectivity index (χ2n) is 5.86. The number of nitrogens with one attached hydrogen (secondary N) is 1. The Morgan fingerprint density at radius 2 is 1.92 bits per heavy atom. The average molecular weight is 387 g/mol. The summed E-state index contributed by atoms with van der Waals surface area (Å²) in [6.45, 7) is 3.83. The summed E-state index contributed by atoms with van der Waals surface area (Å²) < 4.78 is 1.82. The van der Waals surface area contributed by atoms with Crippen LogP contribution in [0.2, 0.25) is 5.02 Å². The zero-order valence-electron chi connectivity index (χ0n) is 14.5. The first-order valence-electron chi connectivity index (χ1n) is 8.22. The summed E-state index contributed by atoms with van der Waals surface area (Å²) in [4.78, 5) is 12.5. The lowest BCUT2D eigenvalue weighted by atomic mass is 10.1. The van der Waals surface area contributed by atoms with Crippen molar-refractivity contribution in [1.29, 1.82) is 0 Å². The number of carbonyl (C=O) groups excluding carboxylic acids is 1. The Bertz CT molecular complexity index is 884. The second-order valence-corrected chi connectivity index (χ2v) is 7.61. The number of amides is 1. The van der Waals surface area contributed by atoms with Crippen molar-refractivity contribution < 1.29 is 4.79 Å². The molecular formula is C19H19ClN4OS. The normalized spacial score (nSPS) is 13.2. The molecule has 26 heavy (non-hydrogen) atoms. The highest BCUT2D eigenvalue weighted by molar-refractivity contribution is 8.00. The molecule has 1 amide bonds. The first-order chi connectivity index (χ1) is 12.5. The summed E-state index contributed by atoms with van der Waals surface area (Å²) >= 11 is 7.42. The molecule has 0 saturated heterocycles. The Hall–Kier alpha value is -2.31. The highest BCUT2D eigenvalue weighted by atomic mass is 35.5. The molecule has 0 bridgehead atoms. The molecule has 1 aromatic heterocycles. The number of nitrogens with zero attached hydrogens (tertiary/aromatic N) is 3. The first kappa shape index (κ1) is 18.5. The molecule has 7 heteroatoms. The minimum Gasteiger partial charge on any atom is -0.349 e. The standard InChI is InChI=1S/C19H19ClN4OS/c1-13(15-7-4-3-5-8-15)22-18(25)14(2)26-19-23-21-12-24(19)17-10-6-9-16(20)11-17/h3-14H,1-2H3,(H,22,25). The van der Waals surface area contributed by atoms with E-state index in [2.05, 4.69) is 15.5 Å². The molecule has 1 heterocycles. The topological polar surface area (TPSA) is 59.8 Å². The van der Waals surface area contributed by atoms with Gasteiger partial charge in [0.15, 0.2) is 5.16 Å². The van der Waals surface area contributed by atoms with Crippen LogP contribution in [0, 0.1) is 0 Å². The first-order valence-corrected chi connectivity index (χ1v) is 9.48. The lowest BCUT2D eigenvalue weighted by Gasteiger charge is -2.17. The van der Waals surface area contributed by atoms with Crippen LogP contribution in [0.25, 0.3) is 5.69 Å². The Kier molecular flexibility index (Phi) is 5.96. The van der Waals surface area contributed by atoms with Crippen LogP contribution in [0.4, 0.5) is 0 Å². The largest absolute Gasteiger partial charge is 0.349 e. The van der Waals surface area contributed by atoms with Crippen LogP contribution >= 0.6 is 23.4 Å². The molecule has 2 aromatic carbocycles. The van der Waals surface area contributed by atoms with Crippen molar-refractivity contribution in [1.82, 2.24) is 20.1 Å². The number of benzene rings is 2. The summed E-state index contributed by atoms with van der Waals surface area (Å²) in [5, 5.41) is 12.1. The monoisotopic (exact) mass is 386 g/mol. The number of hydrogen-bond donors (Lipinski definition) is 1. The van der Waals surface area contributed by atoms with E-state index in [1.807, 2.05) is 73.0 Å². The Labute approximate surface area is 161 Å². The SMILES string of the molecule is CC(Sc1nncn1-c1cccc(Cl)c1)C(=O)NC(C)c1ccccc1. The van der Waals surface area contributed by atoms with Gasteiger partial charge in [0.05, 0.1) is 17.0 Å². The van der Waals surface area contributed by atoms with Gasteiger partial charge in [0.1, 0.15) is 6.33 Å². The number of hydrogen-bond acceptors (Lipinski definition) is 4. The maximum Gasteiger partial charge on any atom is 0.233 e. The van der Waals surface area contributed by atoms with Gasteiger partial charge in [-0.3, -0.25) is 9.36 Å². The molecular weight excluding hydrogens is 368 g/mol. The quantitative estimate of drug-likeness (QED) is 0.642. The molecule has 0 aliphatic carbocycles. The van der Waals surface area contributed by atoms with Gasteiger partial charge in [-0.1, -0.05) is 59.8 Å². The van der Waals surface area contributed by atoms with Crippen molar-refractivity contribution >= 4 is 29.3 Å². The van der Waals surface area contributed by atoms with Gasteiger partial charge >= 0.3 is 0 Å². The van der Waals surface area contributed by atoms with Crippen molar-refractivity contribution in [2.45, 2.75) is 30.3 Å². The van der Waals surface area contributed by atoms with Crippen LogP contribution in [0.1, 0.15) is 25.5 Å². The van der Waals surface area contributed by atoms with Crippen LogP contribution in [0.5, 0.6) is 0 Å². The average Bonchev–Trinajstić information content (AvgIpc) is 3.10. The third-order valence-electron chi connectivity index (χ3n) is 3.91. The minimum atomic E-state index is -0.316. The molecule has 0 aliphatic heterocycles. The van der Waals surface area contributed by atoms with E-state index in [4.69, 9.17) is 11.6 Å². The molecule has 5 nitrogen and oxygen atoms in total. The Morgan fingerprint density at radius 3 is 2.65 bits per heavy atom. The molecule has 0 saturated carbocycles. The fourth-order valence-electron chi connectivity index (χ4n) is 2.48. The molecule has 2 unspecified atom stereocenters. The number of rotatable bonds is 6. The highest BCUT2D eigenvalue weighted by Gasteiger charge is 2.20. The molecule has 0 fully saturated rings. The minimum absolute atomic E-state index is 0.0491. The van der Waals surface area contributed by atoms with E-state index in [0.29, 0.717) is 10.2 Å². The zero-order valence-corrected chi connectivity index (χ0v) is 16.0. The summed E-state index contributed by atoms with van der Waals surface area (Å²) in [6.07, 6.45) is 1.62. The molecule has 2 atom stereocenters. The lowest BCUT2D eigenvalue weighted by Crippen LogP contribution is -2.33. The lowest BCUT2D eigenvalue weighted by molar-refractivity contribution is -0.120. The molecule has 134 valence electrons. The number of halogens is 1. The predicted octanol–water partition coefficient (Wildman–Crippen LogP) is 4.28. The van der Waals surface area contributed by atoms with Crippen LogP contribution < -0.4 is 5.32 Å². The summed E-state index contributed by atoms with van der Waals surface area (Å²) in [6, 6.07) is 17.2. The number of aromatic nitrogens is 3. The molecule has 0 aliphatic rings. The van der Waals surface area contributed by atoms with Crippen molar-refractivity contribution in [2.75, 3.05) is 0 Å². The van der Waals surface area contributed by atoms with Gasteiger partial charge in [0.25, 0.3) is 0 Å². The van der Waals surface area contributed by atoms with E-state index < -0.39 is 0 Å². The number of thioether (sulfide) groups is 1. The van der Waals surface area contributed by atoms with Gasteiger partial charge in [-0.25, -0.2) is 0 Å². The fourth-order valence-corrected chi connectivity index (χ4v) is 3.51. The van der Waals surface area contributed by atoms with Gasteiger partial charge in [-0.15, -0.1) is 10.2 Å².